The van der Waals surface area contributed by atoms with Gasteiger partial charge in [-0.3, -0.25) is 0 Å². The lowest BCUT2D eigenvalue weighted by molar-refractivity contribution is 0.317. The van der Waals surface area contributed by atoms with E-state index in [0.717, 1.165) is 23.4 Å². The molecule has 6 heteroatoms. The molecule has 0 amide bonds. The van der Waals surface area contributed by atoms with Crippen LogP contribution >= 0.6 is 0 Å². The van der Waals surface area contributed by atoms with Gasteiger partial charge in [0.15, 0.2) is 0 Å². The summed E-state index contributed by atoms with van der Waals surface area (Å²) in [6, 6.07) is 14.2. The van der Waals surface area contributed by atoms with Gasteiger partial charge in [-0.05, 0) is 48.4 Å². The zero-order valence-corrected chi connectivity index (χ0v) is 13.3. The van der Waals surface area contributed by atoms with Crippen LogP contribution in [-0.4, -0.2) is 15.0 Å². The van der Waals surface area contributed by atoms with Gasteiger partial charge in [0.2, 0.25) is 10.0 Å². The molecular weight excluding hydrogens is 300 g/mol. The number of ether oxygens (including phenoxy) is 1. The molecule has 0 fully saturated rings. The molecule has 0 aromatic heterocycles. The minimum atomic E-state index is -3.65. The predicted octanol–water partition coefficient (Wildman–Crippen LogP) is 2.73. The highest BCUT2D eigenvalue weighted by Crippen LogP contribution is 2.17. The van der Waals surface area contributed by atoms with Gasteiger partial charge in [0, 0.05) is 12.2 Å². The largest absolute Gasteiger partial charge is 0.494 e. The Labute approximate surface area is 131 Å². The number of nitrogens with one attached hydrogen (secondary N) is 1. The molecule has 0 unspecified atom stereocenters. The Hall–Kier alpha value is -2.05. The summed E-state index contributed by atoms with van der Waals surface area (Å²) < 4.78 is 28.0. The Morgan fingerprint density at radius 1 is 1.14 bits per heavy atom. The quantitative estimate of drug-likeness (QED) is 0.822. The second-order valence-corrected chi connectivity index (χ2v) is 6.48. The minimum absolute atomic E-state index is 0.105. The molecule has 0 bridgehead atoms. The third kappa shape index (κ3) is 4.75. The first-order valence-electron chi connectivity index (χ1n) is 7.07. The SMILES string of the molecule is CCCOc1cccc(CNc2ccc(S(N)(=O)=O)cc2)c1. The predicted molar refractivity (Wildman–Crippen MR) is 87.4 cm³/mol. The molecule has 0 aliphatic carbocycles. The number of primary sulfonamides is 1. The fourth-order valence-electron chi connectivity index (χ4n) is 1.93. The Balaban J connectivity index is 1.98. The molecule has 118 valence electrons. The first kappa shape index (κ1) is 16.3. The molecule has 0 radical (unpaired) electrons. The molecule has 0 heterocycles. The smallest absolute Gasteiger partial charge is 0.238 e. The molecule has 22 heavy (non-hydrogen) atoms. The Morgan fingerprint density at radius 3 is 2.50 bits per heavy atom. The number of anilines is 1. The summed E-state index contributed by atoms with van der Waals surface area (Å²) in [4.78, 5) is 0.105. The van der Waals surface area contributed by atoms with E-state index in [1.807, 2.05) is 24.3 Å². The van der Waals surface area contributed by atoms with E-state index < -0.39 is 10.0 Å². The number of hydrogen-bond donors (Lipinski definition) is 2. The summed E-state index contributed by atoms with van der Waals surface area (Å²) in [7, 11) is -3.65. The van der Waals surface area contributed by atoms with Crippen LogP contribution in [0.25, 0.3) is 0 Å². The van der Waals surface area contributed by atoms with Gasteiger partial charge < -0.3 is 10.1 Å². The van der Waals surface area contributed by atoms with E-state index in [9.17, 15) is 8.42 Å². The summed E-state index contributed by atoms with van der Waals surface area (Å²) in [5, 5.41) is 8.30. The van der Waals surface area contributed by atoms with E-state index in [1.165, 1.54) is 12.1 Å². The topological polar surface area (TPSA) is 81.4 Å². The summed E-state index contributed by atoms with van der Waals surface area (Å²) in [6.07, 6.45) is 0.971. The lowest BCUT2D eigenvalue weighted by Gasteiger charge is -2.09. The molecular formula is C16H20N2O3S. The number of nitrogens with two attached hydrogens (primary N) is 1. The first-order valence-corrected chi connectivity index (χ1v) is 8.62. The van der Waals surface area contributed by atoms with Crippen LogP contribution in [0, 0.1) is 0 Å². The molecule has 2 aromatic rings. The van der Waals surface area contributed by atoms with Crippen molar-refractivity contribution in [3.05, 3.63) is 54.1 Å². The molecule has 2 aromatic carbocycles. The van der Waals surface area contributed by atoms with Gasteiger partial charge >= 0.3 is 0 Å². The Morgan fingerprint density at radius 2 is 1.86 bits per heavy atom. The van der Waals surface area contributed by atoms with Gasteiger partial charge in [-0.25, -0.2) is 13.6 Å². The van der Waals surface area contributed by atoms with Crippen molar-refractivity contribution in [1.29, 1.82) is 0 Å². The third-order valence-electron chi connectivity index (χ3n) is 3.05. The monoisotopic (exact) mass is 320 g/mol. The molecule has 0 aliphatic rings. The number of sulfonamides is 1. The Bertz CT molecular complexity index is 712. The van der Waals surface area contributed by atoms with E-state index in [0.29, 0.717) is 13.2 Å². The van der Waals surface area contributed by atoms with Gasteiger partial charge in [-0.15, -0.1) is 0 Å². The fourth-order valence-corrected chi connectivity index (χ4v) is 2.45. The highest BCUT2D eigenvalue weighted by atomic mass is 32.2. The van der Waals surface area contributed by atoms with Crippen molar-refractivity contribution in [2.45, 2.75) is 24.8 Å². The zero-order chi connectivity index (χ0) is 16.0. The number of rotatable bonds is 7. The van der Waals surface area contributed by atoms with E-state index in [1.54, 1.807) is 12.1 Å². The Kier molecular flexibility index (Phi) is 5.41. The second kappa shape index (κ2) is 7.29. The van der Waals surface area contributed by atoms with Crippen LogP contribution in [0.5, 0.6) is 5.75 Å². The van der Waals surface area contributed by atoms with E-state index in [-0.39, 0.29) is 4.90 Å². The minimum Gasteiger partial charge on any atom is -0.494 e. The molecule has 3 N–H and O–H groups in total. The zero-order valence-electron chi connectivity index (χ0n) is 12.5. The lowest BCUT2D eigenvalue weighted by atomic mass is 10.2. The summed E-state index contributed by atoms with van der Waals surface area (Å²) in [5.41, 5.74) is 1.91. The van der Waals surface area contributed by atoms with Gasteiger partial charge in [0.05, 0.1) is 11.5 Å². The summed E-state index contributed by atoms with van der Waals surface area (Å²) in [6.45, 7) is 3.39. The van der Waals surface area contributed by atoms with Crippen molar-refractivity contribution in [3.8, 4) is 5.75 Å². The van der Waals surface area contributed by atoms with Gasteiger partial charge in [0.1, 0.15) is 5.75 Å². The maximum Gasteiger partial charge on any atom is 0.238 e. The van der Waals surface area contributed by atoms with Crippen molar-refractivity contribution >= 4 is 15.7 Å². The molecule has 0 saturated heterocycles. The van der Waals surface area contributed by atoms with Crippen LogP contribution < -0.4 is 15.2 Å². The molecule has 0 saturated carbocycles. The molecule has 0 atom stereocenters. The maximum atomic E-state index is 11.2. The van der Waals surface area contributed by atoms with E-state index in [2.05, 4.69) is 12.2 Å². The van der Waals surface area contributed by atoms with Crippen molar-refractivity contribution < 1.29 is 13.2 Å². The van der Waals surface area contributed by atoms with Gasteiger partial charge in [-0.1, -0.05) is 19.1 Å². The summed E-state index contributed by atoms with van der Waals surface area (Å²) in [5.74, 6) is 0.853. The average Bonchev–Trinajstić information content (AvgIpc) is 2.51. The lowest BCUT2D eigenvalue weighted by Crippen LogP contribution is -2.12. The van der Waals surface area contributed by atoms with Crippen LogP contribution in [0.15, 0.2) is 53.4 Å². The third-order valence-corrected chi connectivity index (χ3v) is 3.98. The van der Waals surface area contributed by atoms with Crippen LogP contribution in [0.2, 0.25) is 0 Å². The second-order valence-electron chi connectivity index (χ2n) is 4.92. The molecule has 2 rings (SSSR count). The van der Waals surface area contributed by atoms with Gasteiger partial charge in [-0.2, -0.15) is 0 Å². The molecule has 5 nitrogen and oxygen atoms in total. The van der Waals surface area contributed by atoms with E-state index in [4.69, 9.17) is 9.88 Å². The summed E-state index contributed by atoms with van der Waals surface area (Å²) >= 11 is 0. The first-order chi connectivity index (χ1) is 10.5. The van der Waals surface area contributed by atoms with Crippen LogP contribution in [0.3, 0.4) is 0 Å². The highest BCUT2D eigenvalue weighted by molar-refractivity contribution is 7.89. The van der Waals surface area contributed by atoms with Crippen LogP contribution in [0.4, 0.5) is 5.69 Å². The van der Waals surface area contributed by atoms with Gasteiger partial charge in [0.25, 0.3) is 0 Å². The number of benzene rings is 2. The van der Waals surface area contributed by atoms with E-state index >= 15 is 0 Å². The highest BCUT2D eigenvalue weighted by Gasteiger charge is 2.06. The fraction of sp³-hybridized carbons (Fsp3) is 0.250. The van der Waals surface area contributed by atoms with Crippen molar-refractivity contribution in [2.75, 3.05) is 11.9 Å². The number of hydrogen-bond acceptors (Lipinski definition) is 4. The van der Waals surface area contributed by atoms with Crippen molar-refractivity contribution in [2.24, 2.45) is 5.14 Å². The molecule has 0 aliphatic heterocycles. The molecule has 0 spiro atoms. The average molecular weight is 320 g/mol. The maximum absolute atomic E-state index is 11.2. The van der Waals surface area contributed by atoms with Crippen LogP contribution in [0.1, 0.15) is 18.9 Å². The van der Waals surface area contributed by atoms with Crippen LogP contribution in [-0.2, 0) is 16.6 Å². The van der Waals surface area contributed by atoms with Crippen molar-refractivity contribution in [1.82, 2.24) is 0 Å². The normalized spacial score (nSPS) is 11.2. The standard InChI is InChI=1S/C16H20N2O3S/c1-2-10-21-15-5-3-4-13(11-15)12-18-14-6-8-16(9-7-14)22(17,19)20/h3-9,11,18H,2,10,12H2,1H3,(H2,17,19,20). The van der Waals surface area contributed by atoms with Crippen molar-refractivity contribution in [3.63, 3.8) is 0 Å².